The quantitative estimate of drug-likeness (QED) is 0.627. The van der Waals surface area contributed by atoms with Crippen LogP contribution in [0.15, 0.2) is 0 Å². The van der Waals surface area contributed by atoms with Gasteiger partial charge in [0.25, 0.3) is 0 Å². The van der Waals surface area contributed by atoms with E-state index in [9.17, 15) is 26.3 Å². The van der Waals surface area contributed by atoms with Gasteiger partial charge in [0.2, 0.25) is 5.54 Å². The standard InChI is InChI=1S/C10H11Cl2F6NO/c11-1-2-20-5-3-4-6(12)7(5)19-8(4,9(13,14)15)10(16,17)18/h4-7,19H,1-3H2/t4-,5+,6+,7+/m0/s1. The number of alkyl halides is 8. The highest BCUT2D eigenvalue weighted by atomic mass is 35.5. The van der Waals surface area contributed by atoms with Crippen LogP contribution in [0.4, 0.5) is 26.3 Å². The van der Waals surface area contributed by atoms with Gasteiger partial charge in [-0.2, -0.15) is 26.3 Å². The lowest BCUT2D eigenvalue weighted by Gasteiger charge is -2.42. The molecule has 2 rings (SSSR count). The first kappa shape index (κ1) is 16.5. The molecule has 0 spiro atoms. The van der Waals surface area contributed by atoms with Crippen molar-refractivity contribution in [2.45, 2.75) is 41.8 Å². The van der Waals surface area contributed by atoms with Crippen LogP contribution in [-0.4, -0.2) is 47.9 Å². The third-order valence-electron chi connectivity index (χ3n) is 3.87. The summed E-state index contributed by atoms with van der Waals surface area (Å²) in [5, 5.41) is 0.350. The average Bonchev–Trinajstić information content (AvgIpc) is 2.75. The minimum absolute atomic E-state index is 0.0474. The van der Waals surface area contributed by atoms with Crippen molar-refractivity contribution in [3.63, 3.8) is 0 Å². The summed E-state index contributed by atoms with van der Waals surface area (Å²) in [5.74, 6) is -1.71. The molecular weight excluding hydrogens is 335 g/mol. The molecule has 20 heavy (non-hydrogen) atoms. The van der Waals surface area contributed by atoms with Gasteiger partial charge in [0.1, 0.15) is 0 Å². The van der Waals surface area contributed by atoms with Gasteiger partial charge >= 0.3 is 12.4 Å². The molecule has 0 aromatic rings. The largest absolute Gasteiger partial charge is 0.415 e. The molecule has 0 amide bonds. The maximum absolute atomic E-state index is 13.0. The summed E-state index contributed by atoms with van der Waals surface area (Å²) in [4.78, 5) is 0. The lowest BCUT2D eigenvalue weighted by molar-refractivity contribution is -0.321. The fourth-order valence-electron chi connectivity index (χ4n) is 3.05. The first-order valence-electron chi connectivity index (χ1n) is 5.79. The van der Waals surface area contributed by atoms with E-state index in [2.05, 4.69) is 0 Å². The van der Waals surface area contributed by atoms with Gasteiger partial charge in [0, 0.05) is 11.8 Å². The number of fused-ring (bicyclic) bond motifs is 2. The minimum atomic E-state index is -5.48. The number of hydrogen-bond acceptors (Lipinski definition) is 2. The monoisotopic (exact) mass is 345 g/mol. The van der Waals surface area contributed by atoms with Gasteiger partial charge in [-0.3, -0.25) is 5.32 Å². The average molecular weight is 346 g/mol. The molecule has 1 aliphatic carbocycles. The van der Waals surface area contributed by atoms with Crippen molar-refractivity contribution in [2.75, 3.05) is 12.5 Å². The molecule has 10 heteroatoms. The molecule has 2 bridgehead atoms. The number of rotatable bonds is 3. The second-order valence-corrected chi connectivity index (χ2v) is 5.74. The van der Waals surface area contributed by atoms with Crippen molar-refractivity contribution >= 4 is 23.2 Å². The molecule has 4 atom stereocenters. The van der Waals surface area contributed by atoms with E-state index in [1.54, 1.807) is 5.32 Å². The molecule has 0 aromatic heterocycles. The van der Waals surface area contributed by atoms with Crippen LogP contribution in [0.2, 0.25) is 0 Å². The zero-order valence-corrected chi connectivity index (χ0v) is 11.4. The molecule has 2 aliphatic rings. The summed E-state index contributed by atoms with van der Waals surface area (Å²) in [6.45, 7) is 0.0474. The Bertz CT molecular complexity index is 360. The van der Waals surface area contributed by atoms with Crippen molar-refractivity contribution in [2.24, 2.45) is 5.92 Å². The van der Waals surface area contributed by atoms with E-state index >= 15 is 0 Å². The highest BCUT2D eigenvalue weighted by molar-refractivity contribution is 6.22. The maximum atomic E-state index is 13.0. The number of hydrogen-bond donors (Lipinski definition) is 1. The first-order chi connectivity index (χ1) is 9.06. The predicted molar refractivity (Wildman–Crippen MR) is 60.0 cm³/mol. The Morgan fingerprint density at radius 1 is 1.15 bits per heavy atom. The molecule has 1 N–H and O–H groups in total. The van der Waals surface area contributed by atoms with Crippen LogP contribution in [0.3, 0.4) is 0 Å². The van der Waals surface area contributed by atoms with E-state index < -0.39 is 47.8 Å². The molecule has 2 nitrogen and oxygen atoms in total. The predicted octanol–water partition coefficient (Wildman–Crippen LogP) is 3.07. The van der Waals surface area contributed by atoms with Crippen LogP contribution in [0.25, 0.3) is 0 Å². The van der Waals surface area contributed by atoms with Gasteiger partial charge in [0.05, 0.1) is 24.1 Å². The Morgan fingerprint density at radius 2 is 1.70 bits per heavy atom. The number of halogens is 8. The van der Waals surface area contributed by atoms with E-state index in [1.165, 1.54) is 0 Å². The van der Waals surface area contributed by atoms with Crippen molar-refractivity contribution in [1.29, 1.82) is 0 Å². The molecule has 0 radical (unpaired) electrons. The maximum Gasteiger partial charge on any atom is 0.415 e. The highest BCUT2D eigenvalue weighted by Gasteiger charge is 2.81. The second-order valence-electron chi connectivity index (χ2n) is 4.86. The molecule has 1 heterocycles. The Morgan fingerprint density at radius 3 is 2.05 bits per heavy atom. The second kappa shape index (κ2) is 5.07. The van der Waals surface area contributed by atoms with Crippen LogP contribution in [0, 0.1) is 5.92 Å². The van der Waals surface area contributed by atoms with Gasteiger partial charge in [0.15, 0.2) is 0 Å². The number of ether oxygens (including phenoxy) is 1. The third-order valence-corrected chi connectivity index (χ3v) is 4.60. The summed E-state index contributed by atoms with van der Waals surface area (Å²) in [5.41, 5.74) is -3.96. The van der Waals surface area contributed by atoms with Gasteiger partial charge < -0.3 is 4.74 Å². The van der Waals surface area contributed by atoms with Crippen molar-refractivity contribution in [1.82, 2.24) is 5.32 Å². The van der Waals surface area contributed by atoms with Gasteiger partial charge in [-0.1, -0.05) is 0 Å². The molecule has 1 aliphatic heterocycles. The lowest BCUT2D eigenvalue weighted by atomic mass is 9.82. The van der Waals surface area contributed by atoms with Crippen LogP contribution in [0.5, 0.6) is 0 Å². The molecule has 0 aromatic carbocycles. The van der Waals surface area contributed by atoms with Gasteiger partial charge in [-0.25, -0.2) is 0 Å². The number of nitrogens with one attached hydrogen (secondary N) is 1. The molecule has 0 unspecified atom stereocenters. The van der Waals surface area contributed by atoms with Crippen LogP contribution >= 0.6 is 23.2 Å². The molecule has 2 fully saturated rings. The zero-order valence-electron chi connectivity index (χ0n) is 9.86. The third kappa shape index (κ3) is 2.19. The highest BCUT2D eigenvalue weighted by Crippen LogP contribution is 2.58. The molecule has 118 valence electrons. The summed E-state index contributed by atoms with van der Waals surface area (Å²) in [6.07, 6.45) is -12.1. The summed E-state index contributed by atoms with van der Waals surface area (Å²) in [6, 6.07) is -1.20. The van der Waals surface area contributed by atoms with Gasteiger partial charge in [-0.15, -0.1) is 23.2 Å². The summed E-state index contributed by atoms with van der Waals surface area (Å²) in [7, 11) is 0. The smallest absolute Gasteiger partial charge is 0.375 e. The summed E-state index contributed by atoms with van der Waals surface area (Å²) < 4.78 is 83.3. The van der Waals surface area contributed by atoms with E-state index in [-0.39, 0.29) is 12.5 Å². The number of piperidine rings is 1. The van der Waals surface area contributed by atoms with Crippen molar-refractivity contribution in [3.8, 4) is 0 Å². The molecule has 1 saturated heterocycles. The molecule has 1 saturated carbocycles. The molecular formula is C10H11Cl2F6NO. The van der Waals surface area contributed by atoms with Crippen LogP contribution in [-0.2, 0) is 4.74 Å². The Kier molecular flexibility index (Phi) is 4.17. The van der Waals surface area contributed by atoms with Crippen LogP contribution in [0.1, 0.15) is 6.42 Å². The van der Waals surface area contributed by atoms with E-state index in [0.29, 0.717) is 0 Å². The minimum Gasteiger partial charge on any atom is -0.375 e. The fraction of sp³-hybridized carbons (Fsp3) is 1.00. The van der Waals surface area contributed by atoms with Crippen molar-refractivity contribution in [3.05, 3.63) is 0 Å². The lowest BCUT2D eigenvalue weighted by Crippen LogP contribution is -2.70. The zero-order chi connectivity index (χ0) is 15.3. The fourth-order valence-corrected chi connectivity index (χ4v) is 3.66. The SMILES string of the molecule is FC(F)(F)C1(C(F)(F)F)N[C@H]2[C@H](Cl)[C@@H]1C[C@H]2OCCCl. The normalized spacial score (nSPS) is 36.6. The van der Waals surface area contributed by atoms with Gasteiger partial charge in [-0.05, 0) is 6.42 Å². The Labute approximate surface area is 120 Å². The van der Waals surface area contributed by atoms with Crippen molar-refractivity contribution < 1.29 is 31.1 Å². The first-order valence-corrected chi connectivity index (χ1v) is 6.76. The Balaban J connectivity index is 2.29. The topological polar surface area (TPSA) is 21.3 Å². The van der Waals surface area contributed by atoms with E-state index in [0.717, 1.165) is 0 Å². The van der Waals surface area contributed by atoms with E-state index in [1.807, 2.05) is 0 Å². The Hall–Kier alpha value is 0.0800. The summed E-state index contributed by atoms with van der Waals surface area (Å²) >= 11 is 11.2. The van der Waals surface area contributed by atoms with E-state index in [4.69, 9.17) is 27.9 Å². The van der Waals surface area contributed by atoms with Crippen LogP contribution < -0.4 is 5.32 Å².